The number of hydrogen-bond donors (Lipinski definition) is 7. The van der Waals surface area contributed by atoms with Gasteiger partial charge < -0.3 is 4.42 Å². The van der Waals surface area contributed by atoms with Crippen molar-refractivity contribution in [2.75, 3.05) is 47.3 Å². The molecule has 5 aromatic carbocycles. The first-order valence-electron chi connectivity index (χ1n) is 32.4. The third-order valence-electron chi connectivity index (χ3n) is 15.2. The van der Waals surface area contributed by atoms with Crippen molar-refractivity contribution in [1.82, 2.24) is 25.1 Å². The summed E-state index contributed by atoms with van der Waals surface area (Å²) in [5.41, 5.74) is 3.51. The number of carbonyl (C=O) groups excluding carboxylic acids is 7. The molecule has 1 aliphatic carbocycles. The van der Waals surface area contributed by atoms with Gasteiger partial charge in [0.15, 0.2) is 0 Å². The molecule has 17 nitrogen and oxygen atoms in total. The van der Waals surface area contributed by atoms with Crippen LogP contribution in [-0.2, 0) is 94.9 Å². The molecule has 0 radical (unpaired) electrons. The number of rotatable bonds is 26. The molecule has 30 heteroatoms. The summed E-state index contributed by atoms with van der Waals surface area (Å²) in [6.45, 7) is 4.54. The van der Waals surface area contributed by atoms with Crippen molar-refractivity contribution >= 4 is 162 Å². The molecule has 0 unspecified atom stereocenters. The molecule has 3 aromatic heterocycles. The Hall–Kier alpha value is -7.31. The van der Waals surface area contributed by atoms with Crippen molar-refractivity contribution in [3.05, 3.63) is 217 Å². The number of ketones is 7. The normalized spacial score (nSPS) is 11.5. The van der Waals surface area contributed by atoms with Crippen LogP contribution in [0.2, 0.25) is 5.02 Å². The van der Waals surface area contributed by atoms with Crippen molar-refractivity contribution in [3.8, 4) is 35.1 Å². The van der Waals surface area contributed by atoms with Gasteiger partial charge in [0.1, 0.15) is 80.5 Å². The zero-order valence-corrected chi connectivity index (χ0v) is 66.9. The molecule has 1 saturated carbocycles. The minimum atomic E-state index is -5.33. The van der Waals surface area contributed by atoms with Crippen molar-refractivity contribution < 1.29 is 59.6 Å². The van der Waals surface area contributed by atoms with E-state index in [2.05, 4.69) is 145 Å². The number of benzene rings is 5. The van der Waals surface area contributed by atoms with Crippen LogP contribution in [0.5, 0.6) is 0 Å². The minimum absolute atomic E-state index is 0.00977. The number of carbonyl (C=O) groups is 7. The molecule has 0 amide bonds. The Morgan fingerprint density at radius 2 is 1.07 bits per heavy atom. The lowest BCUT2D eigenvalue weighted by atomic mass is 9.93. The smallest absolute Gasteiger partial charge is 0.464 e. The maximum Gasteiger partial charge on any atom is 0.501 e. The molecule has 0 spiro atoms. The maximum atomic E-state index is 12.2. The zero-order chi connectivity index (χ0) is 78.8. The van der Waals surface area contributed by atoms with Crippen LogP contribution in [0.1, 0.15) is 104 Å². The molecule has 106 heavy (non-hydrogen) atoms. The van der Waals surface area contributed by atoms with E-state index >= 15 is 0 Å². The molecular formula is C76H81ClF3N7O10S9. The number of terminal acetylenes is 1. The number of furan rings is 1. The summed E-state index contributed by atoms with van der Waals surface area (Å²) < 4.78 is 64.1. The molecule has 1 fully saturated rings. The SMILES string of the molecule is C#Cc1ccc(CC(=O)CS)cc1.CN(Cc1ccccc1CC(=O)CS)C1CCCCC1.Cc1oc(CC(=O)CS)c(C#N)c1C.N#Cc1cncnc1CC(=O)CS.O=C(CS)Cc1ccc(Cl)cc1.O=C(CS)Cc1ccc(S(=O)(=O)C(F)(F)F)cc1.O=C(CS)Cc1nnc(-c2ccccc2)s1. The highest BCUT2D eigenvalue weighted by Crippen LogP contribution is 2.31. The number of thiol groups is 7. The second kappa shape index (κ2) is 50.3. The second-order valence-corrected chi connectivity index (χ2v) is 28.9. The first-order valence-corrected chi connectivity index (χ1v) is 39.5. The summed E-state index contributed by atoms with van der Waals surface area (Å²) >= 11 is 34.4. The van der Waals surface area contributed by atoms with E-state index in [4.69, 9.17) is 33.0 Å². The third kappa shape index (κ3) is 34.3. The molecule has 0 aliphatic heterocycles. The van der Waals surface area contributed by atoms with Crippen LogP contribution in [0.3, 0.4) is 0 Å². The van der Waals surface area contributed by atoms with E-state index in [1.54, 1.807) is 19.1 Å². The van der Waals surface area contributed by atoms with Gasteiger partial charge in [-0.2, -0.15) is 112 Å². The number of sulfone groups is 1. The fourth-order valence-corrected chi connectivity index (χ4v) is 12.0. The minimum Gasteiger partial charge on any atom is -0.464 e. The van der Waals surface area contributed by atoms with Crippen molar-refractivity contribution in [2.45, 2.75) is 114 Å². The highest BCUT2D eigenvalue weighted by molar-refractivity contribution is 7.92. The number of aromatic nitrogens is 4. The molecule has 8 aromatic rings. The van der Waals surface area contributed by atoms with Gasteiger partial charge in [0.2, 0.25) is 0 Å². The average Bonchev–Trinajstić information content (AvgIpc) is 1.02. The number of aryl methyl sites for hydroxylation is 1. The van der Waals surface area contributed by atoms with Crippen LogP contribution in [0.15, 0.2) is 149 Å². The fraction of sp³-hybridized carbons (Fsp3) is 0.329. The molecule has 9 rings (SSSR count). The molecular weight excluding hydrogens is 1550 g/mol. The summed E-state index contributed by atoms with van der Waals surface area (Å²) in [5.74, 6) is 5.39. The van der Waals surface area contributed by atoms with Crippen molar-refractivity contribution in [2.24, 2.45) is 0 Å². The van der Waals surface area contributed by atoms with E-state index in [9.17, 15) is 55.2 Å². The van der Waals surface area contributed by atoms with Crippen LogP contribution in [0, 0.1) is 48.9 Å². The van der Waals surface area contributed by atoms with Gasteiger partial charge in [-0.05, 0) is 98.0 Å². The van der Waals surface area contributed by atoms with E-state index < -0.39 is 20.2 Å². The number of hydrogen-bond acceptors (Lipinski definition) is 25. The standard InChI is InChI=1S/C17H25NOS.C11H10N2OS2.C11H10OS.C10H9F3O3S2.C10H11NO2S.C9H9ClOS.C8H7N3OS/c1-18(16-9-3-2-4-10-16)12-15-8-6-5-7-14(15)11-17(19)13-20;14-9(7-15)6-10-12-13-11(16-10)8-4-2-1-3-5-8;1-2-9-3-5-10(6-4-9)7-11(12)8-13;11-10(12,13)18(15,16)9-3-1-7(2-4-9)5-8(14)6-17;1-6-7(2)13-10(9(6)4-11)3-8(12)5-14;10-8-3-1-7(2-4-8)5-9(11)6-12;9-2-6-3-10-5-11-8(6)1-7(12)4-13/h5-8,16,20H,2-4,9-13H2,1H3;1-5,15H,6-7H2;1,3-6,13H,7-8H2;1-4,17H,5-6H2;14H,3,5H2,1-2H3;1-4,12H,5-6H2;3,5,13H,1,4H2. The lowest BCUT2D eigenvalue weighted by Crippen LogP contribution is -2.33. The van der Waals surface area contributed by atoms with Crippen LogP contribution in [0.4, 0.5) is 13.2 Å². The summed E-state index contributed by atoms with van der Waals surface area (Å²) in [6, 6.07) is 41.5. The summed E-state index contributed by atoms with van der Waals surface area (Å²) in [7, 11) is -3.11. The lowest BCUT2D eigenvalue weighted by Gasteiger charge is -2.31. The third-order valence-corrected chi connectivity index (χ3v) is 20.4. The Kier molecular flexibility index (Phi) is 44.1. The Balaban J connectivity index is 0.000000323. The van der Waals surface area contributed by atoms with Gasteiger partial charge >= 0.3 is 5.51 Å². The van der Waals surface area contributed by atoms with Gasteiger partial charge in [0.25, 0.3) is 9.84 Å². The maximum absolute atomic E-state index is 12.2. The van der Waals surface area contributed by atoms with Gasteiger partial charge in [-0.15, -0.1) is 16.6 Å². The van der Waals surface area contributed by atoms with Gasteiger partial charge in [0.05, 0.1) is 41.0 Å². The Morgan fingerprint density at radius 3 is 1.56 bits per heavy atom. The lowest BCUT2D eigenvalue weighted by molar-refractivity contribution is -0.117. The van der Waals surface area contributed by atoms with E-state index in [1.807, 2.05) is 91.9 Å². The predicted molar refractivity (Wildman–Crippen MR) is 433 cm³/mol. The fourth-order valence-electron chi connectivity index (χ4n) is 9.45. The van der Waals surface area contributed by atoms with Crippen LogP contribution in [-0.4, -0.2) is 133 Å². The summed E-state index contributed by atoms with van der Waals surface area (Å²) in [5, 5.41) is 27.9. The largest absolute Gasteiger partial charge is 0.501 e. The van der Waals surface area contributed by atoms with Crippen LogP contribution < -0.4 is 0 Å². The Bertz CT molecular complexity index is 4390. The highest BCUT2D eigenvalue weighted by Gasteiger charge is 2.46. The zero-order valence-electron chi connectivity index (χ0n) is 58.2. The van der Waals surface area contributed by atoms with Crippen LogP contribution >= 0.6 is 111 Å². The van der Waals surface area contributed by atoms with Crippen molar-refractivity contribution in [3.63, 3.8) is 0 Å². The van der Waals surface area contributed by atoms with Crippen molar-refractivity contribution in [1.29, 1.82) is 10.5 Å². The predicted octanol–water partition coefficient (Wildman–Crippen LogP) is 14.1. The van der Waals surface area contributed by atoms with Crippen LogP contribution in [0.25, 0.3) is 10.6 Å². The Labute approximate surface area is 664 Å². The first-order chi connectivity index (χ1) is 50.5. The second-order valence-electron chi connectivity index (χ2n) is 23.2. The summed E-state index contributed by atoms with van der Waals surface area (Å²) in [6.07, 6.45) is 16.7. The molecule has 562 valence electrons. The highest BCUT2D eigenvalue weighted by atomic mass is 35.5. The summed E-state index contributed by atoms with van der Waals surface area (Å²) in [4.78, 5) is 87.1. The monoisotopic (exact) mass is 1630 g/mol. The van der Waals surface area contributed by atoms with E-state index in [0.717, 1.165) is 62.1 Å². The topological polar surface area (TPSA) is 269 Å². The Morgan fingerprint density at radius 1 is 0.604 bits per heavy atom. The van der Waals surface area contributed by atoms with Gasteiger partial charge in [0, 0.05) is 106 Å². The number of Topliss-reactive ketones (excluding diaryl/α,β-unsaturated/α-hetero) is 7. The number of halogens is 4. The molecule has 3 heterocycles. The quantitative estimate of drug-likeness (QED) is 0.0196. The number of alkyl halides is 3. The van der Waals surface area contributed by atoms with Gasteiger partial charge in [-0.1, -0.05) is 139 Å². The number of nitrogens with zero attached hydrogens (tertiary/aromatic N) is 7. The molecule has 0 bridgehead atoms. The molecule has 0 saturated heterocycles. The first kappa shape index (κ1) is 92.9. The molecule has 0 atom stereocenters. The van der Waals surface area contributed by atoms with E-state index in [0.29, 0.717) is 82.2 Å². The number of nitriles is 2. The van der Waals surface area contributed by atoms with E-state index in [1.165, 1.54) is 73.7 Å². The van der Waals surface area contributed by atoms with Gasteiger partial charge in [-0.25, -0.2) is 18.4 Å². The average molecular weight is 1630 g/mol. The molecule has 1 aliphatic rings. The molecule has 0 N–H and O–H groups in total. The van der Waals surface area contributed by atoms with E-state index in [-0.39, 0.29) is 88.5 Å². The van der Waals surface area contributed by atoms with Gasteiger partial charge in [-0.3, -0.25) is 38.5 Å².